The molecule has 0 amide bonds. The van der Waals surface area contributed by atoms with Crippen molar-refractivity contribution in [1.29, 1.82) is 0 Å². The fourth-order valence-corrected chi connectivity index (χ4v) is 2.77. The molecule has 1 aliphatic carbocycles. The minimum absolute atomic E-state index is 0.788. The van der Waals surface area contributed by atoms with Crippen molar-refractivity contribution in [3.8, 4) is 0 Å². The van der Waals surface area contributed by atoms with E-state index in [1.54, 1.807) is 11.1 Å². The zero-order valence-electron chi connectivity index (χ0n) is 9.84. The number of fused-ring (bicyclic) bond motifs is 1. The van der Waals surface area contributed by atoms with Gasteiger partial charge in [-0.1, -0.05) is 25.5 Å². The van der Waals surface area contributed by atoms with E-state index in [1.165, 1.54) is 37.8 Å². The summed E-state index contributed by atoms with van der Waals surface area (Å²) in [5, 5.41) is 3.33. The SMILES string of the molecule is CCC1CCCCc2c(NC)cccc21. The van der Waals surface area contributed by atoms with E-state index in [4.69, 9.17) is 0 Å². The molecule has 1 unspecified atom stereocenters. The van der Waals surface area contributed by atoms with Crippen LogP contribution in [0.2, 0.25) is 0 Å². The third-order valence-electron chi connectivity index (χ3n) is 3.64. The van der Waals surface area contributed by atoms with Crippen LogP contribution in [0.4, 0.5) is 5.69 Å². The molecular formula is C14H21N. The van der Waals surface area contributed by atoms with E-state index in [0.29, 0.717) is 0 Å². The van der Waals surface area contributed by atoms with Crippen LogP contribution in [0.3, 0.4) is 0 Å². The molecular weight excluding hydrogens is 182 g/mol. The second-order valence-electron chi connectivity index (χ2n) is 4.47. The van der Waals surface area contributed by atoms with Crippen LogP contribution in [0, 0.1) is 0 Å². The van der Waals surface area contributed by atoms with E-state index >= 15 is 0 Å². The average molecular weight is 203 g/mol. The van der Waals surface area contributed by atoms with Gasteiger partial charge in [-0.2, -0.15) is 0 Å². The number of rotatable bonds is 2. The van der Waals surface area contributed by atoms with Gasteiger partial charge in [0.1, 0.15) is 0 Å². The molecule has 1 aromatic carbocycles. The molecule has 1 N–H and O–H groups in total. The van der Waals surface area contributed by atoms with Crippen molar-refractivity contribution in [3.63, 3.8) is 0 Å². The van der Waals surface area contributed by atoms with Crippen LogP contribution >= 0.6 is 0 Å². The minimum atomic E-state index is 0.788. The summed E-state index contributed by atoms with van der Waals surface area (Å²) < 4.78 is 0. The summed E-state index contributed by atoms with van der Waals surface area (Å²) in [7, 11) is 2.03. The third-order valence-corrected chi connectivity index (χ3v) is 3.64. The molecule has 1 nitrogen and oxygen atoms in total. The average Bonchev–Trinajstić information content (AvgIpc) is 2.50. The Balaban J connectivity index is 2.44. The number of hydrogen-bond donors (Lipinski definition) is 1. The van der Waals surface area contributed by atoms with Crippen LogP contribution in [0.25, 0.3) is 0 Å². The number of hydrogen-bond acceptors (Lipinski definition) is 1. The molecule has 0 fully saturated rings. The van der Waals surface area contributed by atoms with Gasteiger partial charge in [0, 0.05) is 12.7 Å². The lowest BCUT2D eigenvalue weighted by molar-refractivity contribution is 0.581. The van der Waals surface area contributed by atoms with Crippen molar-refractivity contribution in [2.24, 2.45) is 0 Å². The fourth-order valence-electron chi connectivity index (χ4n) is 2.77. The molecule has 82 valence electrons. The molecule has 0 saturated heterocycles. The van der Waals surface area contributed by atoms with Crippen LogP contribution in [0.15, 0.2) is 18.2 Å². The van der Waals surface area contributed by atoms with Crippen molar-refractivity contribution in [2.75, 3.05) is 12.4 Å². The first-order valence-corrected chi connectivity index (χ1v) is 6.16. The fraction of sp³-hybridized carbons (Fsp3) is 0.571. The first-order valence-electron chi connectivity index (χ1n) is 6.16. The Morgan fingerprint density at radius 3 is 2.93 bits per heavy atom. The number of benzene rings is 1. The van der Waals surface area contributed by atoms with Gasteiger partial charge < -0.3 is 5.32 Å². The Morgan fingerprint density at radius 2 is 2.20 bits per heavy atom. The van der Waals surface area contributed by atoms with Crippen LogP contribution in [0.1, 0.15) is 49.7 Å². The van der Waals surface area contributed by atoms with E-state index < -0.39 is 0 Å². The lowest BCUT2D eigenvalue weighted by Gasteiger charge is -2.18. The highest BCUT2D eigenvalue weighted by atomic mass is 14.8. The van der Waals surface area contributed by atoms with Gasteiger partial charge in [0.15, 0.2) is 0 Å². The molecule has 0 radical (unpaired) electrons. The molecule has 0 aromatic heterocycles. The van der Waals surface area contributed by atoms with Crippen LogP contribution in [-0.2, 0) is 6.42 Å². The highest BCUT2D eigenvalue weighted by Crippen LogP contribution is 2.35. The Bertz CT molecular complexity index is 330. The molecule has 0 bridgehead atoms. The zero-order valence-corrected chi connectivity index (χ0v) is 9.84. The summed E-state index contributed by atoms with van der Waals surface area (Å²) >= 11 is 0. The molecule has 1 aromatic rings. The molecule has 0 heterocycles. The van der Waals surface area contributed by atoms with Gasteiger partial charge in [-0.05, 0) is 48.8 Å². The minimum Gasteiger partial charge on any atom is -0.388 e. The molecule has 15 heavy (non-hydrogen) atoms. The van der Waals surface area contributed by atoms with Crippen molar-refractivity contribution in [2.45, 2.75) is 44.9 Å². The van der Waals surface area contributed by atoms with Crippen LogP contribution < -0.4 is 5.32 Å². The highest BCUT2D eigenvalue weighted by Gasteiger charge is 2.18. The summed E-state index contributed by atoms with van der Waals surface area (Å²) in [6.07, 6.45) is 6.64. The van der Waals surface area contributed by atoms with Crippen LogP contribution in [0.5, 0.6) is 0 Å². The van der Waals surface area contributed by atoms with E-state index in [9.17, 15) is 0 Å². The molecule has 2 rings (SSSR count). The van der Waals surface area contributed by atoms with Gasteiger partial charge >= 0.3 is 0 Å². The third kappa shape index (κ3) is 2.01. The Kier molecular flexibility index (Phi) is 3.30. The maximum atomic E-state index is 3.33. The summed E-state index contributed by atoms with van der Waals surface area (Å²) in [6, 6.07) is 6.73. The van der Waals surface area contributed by atoms with Gasteiger partial charge in [-0.25, -0.2) is 0 Å². The zero-order chi connectivity index (χ0) is 10.7. The smallest absolute Gasteiger partial charge is 0.0372 e. The maximum Gasteiger partial charge on any atom is 0.0372 e. The second kappa shape index (κ2) is 4.69. The molecule has 1 atom stereocenters. The predicted molar refractivity (Wildman–Crippen MR) is 66.6 cm³/mol. The summed E-state index contributed by atoms with van der Waals surface area (Å²) in [6.45, 7) is 2.31. The van der Waals surface area contributed by atoms with Gasteiger partial charge in [-0.3, -0.25) is 0 Å². The van der Waals surface area contributed by atoms with Gasteiger partial charge in [0.25, 0.3) is 0 Å². The van der Waals surface area contributed by atoms with Crippen LogP contribution in [-0.4, -0.2) is 7.05 Å². The Labute approximate surface area is 92.9 Å². The largest absolute Gasteiger partial charge is 0.388 e. The molecule has 1 heteroatoms. The number of nitrogens with one attached hydrogen (secondary N) is 1. The quantitative estimate of drug-likeness (QED) is 0.718. The monoisotopic (exact) mass is 203 g/mol. The Morgan fingerprint density at radius 1 is 1.33 bits per heavy atom. The normalized spacial score (nSPS) is 20.5. The molecule has 0 aliphatic heterocycles. The first kappa shape index (κ1) is 10.5. The lowest BCUT2D eigenvalue weighted by Crippen LogP contribution is -2.02. The molecule has 1 aliphatic rings. The first-order chi connectivity index (χ1) is 7.36. The molecule has 0 spiro atoms. The maximum absolute atomic E-state index is 3.33. The van der Waals surface area contributed by atoms with E-state index in [0.717, 1.165) is 5.92 Å². The van der Waals surface area contributed by atoms with E-state index in [2.05, 4.69) is 30.4 Å². The standard InChI is InChI=1S/C14H21N/c1-3-11-7-4-5-8-13-12(11)9-6-10-14(13)15-2/h6,9-11,15H,3-5,7-8H2,1-2H3. The lowest BCUT2D eigenvalue weighted by atomic mass is 9.90. The van der Waals surface area contributed by atoms with Crippen molar-refractivity contribution < 1.29 is 0 Å². The Hall–Kier alpha value is -0.980. The topological polar surface area (TPSA) is 12.0 Å². The summed E-state index contributed by atoms with van der Waals surface area (Å²) in [5.74, 6) is 0.788. The number of anilines is 1. The van der Waals surface area contributed by atoms with Crippen molar-refractivity contribution in [3.05, 3.63) is 29.3 Å². The van der Waals surface area contributed by atoms with Gasteiger partial charge in [0.05, 0.1) is 0 Å². The van der Waals surface area contributed by atoms with Crippen molar-refractivity contribution in [1.82, 2.24) is 0 Å². The van der Waals surface area contributed by atoms with Gasteiger partial charge in [0.2, 0.25) is 0 Å². The van der Waals surface area contributed by atoms with Crippen molar-refractivity contribution >= 4 is 5.69 Å². The summed E-state index contributed by atoms with van der Waals surface area (Å²) in [5.41, 5.74) is 4.51. The second-order valence-corrected chi connectivity index (χ2v) is 4.47. The summed E-state index contributed by atoms with van der Waals surface area (Å²) in [4.78, 5) is 0. The highest BCUT2D eigenvalue weighted by molar-refractivity contribution is 5.55. The molecule has 0 saturated carbocycles. The predicted octanol–water partition coefficient (Wildman–Crippen LogP) is 3.95. The van der Waals surface area contributed by atoms with Gasteiger partial charge in [-0.15, -0.1) is 0 Å². The van der Waals surface area contributed by atoms with E-state index in [-0.39, 0.29) is 0 Å². The van der Waals surface area contributed by atoms with E-state index in [1.807, 2.05) is 7.05 Å².